The normalized spacial score (nSPS) is 15.4. The van der Waals surface area contributed by atoms with Crippen LogP contribution in [-0.2, 0) is 13.5 Å². The van der Waals surface area contributed by atoms with E-state index in [1.54, 1.807) is 13.1 Å². The summed E-state index contributed by atoms with van der Waals surface area (Å²) in [6, 6.07) is 5.08. The molecule has 6 nitrogen and oxygen atoms in total. The minimum atomic E-state index is -0.314. The van der Waals surface area contributed by atoms with E-state index >= 15 is 0 Å². The molecular formula is C21H30FN5O. The zero-order valence-electron chi connectivity index (χ0n) is 16.9. The van der Waals surface area contributed by atoms with Crippen molar-refractivity contribution in [2.24, 2.45) is 18.0 Å². The topological polar surface area (TPSA) is 63.5 Å². The van der Waals surface area contributed by atoms with E-state index < -0.39 is 0 Å². The van der Waals surface area contributed by atoms with Crippen LogP contribution in [0.1, 0.15) is 43.4 Å². The van der Waals surface area contributed by atoms with Crippen molar-refractivity contribution in [3.63, 3.8) is 0 Å². The number of aryl methyl sites for hydroxylation is 2. The molecule has 0 bridgehead atoms. The van der Waals surface area contributed by atoms with Gasteiger partial charge in [0.25, 0.3) is 0 Å². The number of nitrogens with zero attached hydrogens (tertiary/aromatic N) is 3. The van der Waals surface area contributed by atoms with Gasteiger partial charge in [-0.1, -0.05) is 6.07 Å². The Bertz CT molecular complexity index is 800. The second kappa shape index (κ2) is 9.57. The Labute approximate surface area is 166 Å². The van der Waals surface area contributed by atoms with Crippen LogP contribution in [0.15, 0.2) is 35.6 Å². The summed E-state index contributed by atoms with van der Waals surface area (Å²) in [5, 5.41) is 10.8. The fourth-order valence-electron chi connectivity index (χ4n) is 2.98. The summed E-state index contributed by atoms with van der Waals surface area (Å²) in [4.78, 5) is 4.26. The first-order valence-electron chi connectivity index (χ1n) is 9.92. The molecule has 1 aromatic carbocycles. The number of halogens is 1. The summed E-state index contributed by atoms with van der Waals surface area (Å²) < 4.78 is 21.7. The predicted molar refractivity (Wildman–Crippen MR) is 109 cm³/mol. The van der Waals surface area contributed by atoms with Crippen LogP contribution >= 0.6 is 0 Å². The Morgan fingerprint density at radius 1 is 1.43 bits per heavy atom. The van der Waals surface area contributed by atoms with Crippen LogP contribution in [0, 0.1) is 11.7 Å². The Morgan fingerprint density at radius 3 is 2.89 bits per heavy atom. The van der Waals surface area contributed by atoms with Crippen molar-refractivity contribution in [3.05, 3.63) is 47.5 Å². The van der Waals surface area contributed by atoms with Gasteiger partial charge in [0.05, 0.1) is 18.8 Å². The van der Waals surface area contributed by atoms with Gasteiger partial charge in [0, 0.05) is 26.8 Å². The first-order chi connectivity index (χ1) is 13.5. The largest absolute Gasteiger partial charge is 0.490 e. The van der Waals surface area contributed by atoms with E-state index in [-0.39, 0.29) is 11.9 Å². The molecule has 0 saturated heterocycles. The van der Waals surface area contributed by atoms with Gasteiger partial charge >= 0.3 is 0 Å². The monoisotopic (exact) mass is 387 g/mol. The van der Waals surface area contributed by atoms with Crippen molar-refractivity contribution < 1.29 is 9.13 Å². The van der Waals surface area contributed by atoms with Crippen molar-refractivity contribution in [1.29, 1.82) is 0 Å². The van der Waals surface area contributed by atoms with Gasteiger partial charge in [-0.2, -0.15) is 5.10 Å². The zero-order chi connectivity index (χ0) is 19.9. The number of guanidine groups is 1. The highest BCUT2D eigenvalue weighted by atomic mass is 19.1. The minimum absolute atomic E-state index is 0.0727. The summed E-state index contributed by atoms with van der Waals surface area (Å²) in [5.41, 5.74) is 2.08. The number of aliphatic imine (C=N–C) groups is 1. The average Bonchev–Trinajstić information content (AvgIpc) is 3.42. The van der Waals surface area contributed by atoms with E-state index in [2.05, 4.69) is 20.7 Å². The van der Waals surface area contributed by atoms with E-state index in [0.29, 0.717) is 24.2 Å². The van der Waals surface area contributed by atoms with Crippen molar-refractivity contribution in [3.8, 4) is 5.75 Å². The lowest BCUT2D eigenvalue weighted by molar-refractivity contribution is 0.285. The van der Waals surface area contributed by atoms with E-state index in [9.17, 15) is 4.39 Å². The number of rotatable bonds is 9. The molecular weight excluding hydrogens is 357 g/mol. The van der Waals surface area contributed by atoms with Crippen LogP contribution in [-0.4, -0.2) is 35.9 Å². The third kappa shape index (κ3) is 5.97. The number of aromatic nitrogens is 2. The molecule has 7 heteroatoms. The van der Waals surface area contributed by atoms with Crippen molar-refractivity contribution in [2.45, 2.75) is 38.6 Å². The predicted octanol–water partition coefficient (Wildman–Crippen LogP) is 3.21. The highest BCUT2D eigenvalue weighted by Gasteiger charge is 2.22. The molecule has 0 radical (unpaired) electrons. The van der Waals surface area contributed by atoms with Crippen LogP contribution in [0.5, 0.6) is 5.75 Å². The average molecular weight is 388 g/mol. The van der Waals surface area contributed by atoms with E-state index in [1.807, 2.05) is 37.1 Å². The van der Waals surface area contributed by atoms with Crippen LogP contribution in [0.25, 0.3) is 0 Å². The van der Waals surface area contributed by atoms with Gasteiger partial charge in [0.1, 0.15) is 0 Å². The molecule has 2 N–H and O–H groups in total. The zero-order valence-corrected chi connectivity index (χ0v) is 16.9. The molecule has 0 aliphatic heterocycles. The van der Waals surface area contributed by atoms with Gasteiger partial charge in [0.2, 0.25) is 0 Å². The number of hydrogen-bond donors (Lipinski definition) is 2. The summed E-state index contributed by atoms with van der Waals surface area (Å²) in [7, 11) is 3.65. The van der Waals surface area contributed by atoms with Crippen LogP contribution in [0.4, 0.5) is 4.39 Å². The van der Waals surface area contributed by atoms with Crippen LogP contribution in [0.3, 0.4) is 0 Å². The standard InChI is InChI=1S/C21H30FN5O/c1-15(18-8-9-20(19(22)11-18)28-14-16-6-7-16)26-21(23-2)24-10-4-5-17-12-25-27(3)13-17/h8-9,11-13,15-16H,4-7,10,14H2,1-3H3,(H2,23,24,26). The molecule has 152 valence electrons. The summed E-state index contributed by atoms with van der Waals surface area (Å²) in [6.45, 7) is 3.39. The molecule has 1 aliphatic carbocycles. The number of nitrogens with one attached hydrogen (secondary N) is 2. The van der Waals surface area contributed by atoms with Gasteiger partial charge in [-0.3, -0.25) is 9.67 Å². The van der Waals surface area contributed by atoms with Crippen LogP contribution in [0.2, 0.25) is 0 Å². The highest BCUT2D eigenvalue weighted by Crippen LogP contribution is 2.30. The molecule has 1 heterocycles. The maximum atomic E-state index is 14.3. The molecule has 1 unspecified atom stereocenters. The second-order valence-electron chi connectivity index (χ2n) is 7.44. The molecule has 28 heavy (non-hydrogen) atoms. The molecule has 3 rings (SSSR count). The van der Waals surface area contributed by atoms with Gasteiger partial charge < -0.3 is 15.4 Å². The Hall–Kier alpha value is -2.57. The molecule has 0 spiro atoms. The first-order valence-corrected chi connectivity index (χ1v) is 9.92. The third-order valence-electron chi connectivity index (χ3n) is 4.90. The van der Waals surface area contributed by atoms with Gasteiger partial charge in [-0.05, 0) is 61.8 Å². The molecule has 1 atom stereocenters. The number of benzene rings is 1. The molecule has 1 aliphatic rings. The minimum Gasteiger partial charge on any atom is -0.490 e. The van der Waals surface area contributed by atoms with Gasteiger partial charge in [0.15, 0.2) is 17.5 Å². The van der Waals surface area contributed by atoms with E-state index in [0.717, 1.165) is 24.9 Å². The Morgan fingerprint density at radius 2 is 2.25 bits per heavy atom. The van der Waals surface area contributed by atoms with Crippen molar-refractivity contribution in [1.82, 2.24) is 20.4 Å². The summed E-state index contributed by atoms with van der Waals surface area (Å²) in [6.07, 6.45) is 8.23. The highest BCUT2D eigenvalue weighted by molar-refractivity contribution is 5.80. The van der Waals surface area contributed by atoms with Crippen LogP contribution < -0.4 is 15.4 Å². The second-order valence-corrected chi connectivity index (χ2v) is 7.44. The molecule has 1 aromatic heterocycles. The van der Waals surface area contributed by atoms with Gasteiger partial charge in [-0.15, -0.1) is 0 Å². The maximum Gasteiger partial charge on any atom is 0.191 e. The van der Waals surface area contributed by atoms with E-state index in [4.69, 9.17) is 4.74 Å². The lowest BCUT2D eigenvalue weighted by Crippen LogP contribution is -2.39. The first kappa shape index (κ1) is 20.2. The quantitative estimate of drug-likeness (QED) is 0.394. The lowest BCUT2D eigenvalue weighted by atomic mass is 10.1. The third-order valence-corrected chi connectivity index (χ3v) is 4.90. The maximum absolute atomic E-state index is 14.3. The summed E-state index contributed by atoms with van der Waals surface area (Å²) in [5.74, 6) is 1.33. The number of hydrogen-bond acceptors (Lipinski definition) is 3. The molecule has 1 saturated carbocycles. The van der Waals surface area contributed by atoms with Gasteiger partial charge in [-0.25, -0.2) is 4.39 Å². The van der Waals surface area contributed by atoms with Crippen molar-refractivity contribution in [2.75, 3.05) is 20.2 Å². The fraction of sp³-hybridized carbons (Fsp3) is 0.524. The molecule has 2 aromatic rings. The lowest BCUT2D eigenvalue weighted by Gasteiger charge is -2.19. The smallest absolute Gasteiger partial charge is 0.191 e. The van der Waals surface area contributed by atoms with Crippen molar-refractivity contribution >= 4 is 5.96 Å². The summed E-state index contributed by atoms with van der Waals surface area (Å²) >= 11 is 0. The Kier molecular flexibility index (Phi) is 6.90. The van der Waals surface area contributed by atoms with E-state index in [1.165, 1.54) is 24.5 Å². The molecule has 1 fully saturated rings. The number of ether oxygens (including phenoxy) is 1. The fourth-order valence-corrected chi connectivity index (χ4v) is 2.98. The SMILES string of the molecule is CN=C(NCCCc1cnn(C)c1)NC(C)c1ccc(OCC2CC2)c(F)c1. The Balaban J connectivity index is 1.44. The molecule has 0 amide bonds.